The molecule has 0 unspecified atom stereocenters. The number of rotatable bonds is 4. The number of piperidine rings is 1. The fraction of sp³-hybridized carbons (Fsp3) is 0.533. The van der Waals surface area contributed by atoms with Gasteiger partial charge in [0.15, 0.2) is 0 Å². The first-order valence-electron chi connectivity index (χ1n) is 7.27. The van der Waals surface area contributed by atoms with Gasteiger partial charge in [-0.3, -0.25) is 4.98 Å². The monoisotopic (exact) mass is 272 g/mol. The van der Waals surface area contributed by atoms with Crippen LogP contribution in [0.25, 0.3) is 11.5 Å². The molecular formula is C15H20N4O. The molecule has 1 aliphatic heterocycles. The number of aryl methyl sites for hydroxylation is 2. The van der Waals surface area contributed by atoms with Gasteiger partial charge in [-0.25, -0.2) is 0 Å². The van der Waals surface area contributed by atoms with Crippen molar-refractivity contribution in [3.8, 4) is 11.5 Å². The molecule has 3 rings (SSSR count). The molecule has 0 radical (unpaired) electrons. The average Bonchev–Trinajstić information content (AvgIpc) is 2.95. The van der Waals surface area contributed by atoms with E-state index in [9.17, 15) is 0 Å². The molecule has 1 N–H and O–H groups in total. The molecule has 5 nitrogen and oxygen atoms in total. The second-order valence-electron chi connectivity index (χ2n) is 5.46. The Kier molecular flexibility index (Phi) is 4.06. The normalized spacial score (nSPS) is 16.4. The zero-order valence-electron chi connectivity index (χ0n) is 11.8. The molecule has 0 bridgehead atoms. The predicted octanol–water partition coefficient (Wildman–Crippen LogP) is 2.37. The Hall–Kier alpha value is -1.75. The molecule has 3 heterocycles. The van der Waals surface area contributed by atoms with E-state index in [1.807, 2.05) is 19.1 Å². The first-order valence-corrected chi connectivity index (χ1v) is 7.27. The number of hydrogen-bond acceptors (Lipinski definition) is 5. The molecular weight excluding hydrogens is 252 g/mol. The Morgan fingerprint density at radius 3 is 3.00 bits per heavy atom. The Labute approximate surface area is 118 Å². The lowest BCUT2D eigenvalue weighted by molar-refractivity contribution is 0.324. The summed E-state index contributed by atoms with van der Waals surface area (Å²) in [6, 6.07) is 3.93. The molecule has 1 saturated heterocycles. The fourth-order valence-electron chi connectivity index (χ4n) is 2.62. The minimum absolute atomic E-state index is 0.592. The van der Waals surface area contributed by atoms with E-state index in [2.05, 4.69) is 20.4 Å². The summed E-state index contributed by atoms with van der Waals surface area (Å²) in [6.45, 7) is 4.29. The van der Waals surface area contributed by atoms with Gasteiger partial charge in [-0.1, -0.05) is 5.16 Å². The van der Waals surface area contributed by atoms with Crippen LogP contribution >= 0.6 is 0 Å². The molecule has 0 aromatic carbocycles. The average molecular weight is 272 g/mol. The van der Waals surface area contributed by atoms with E-state index in [1.54, 1.807) is 6.20 Å². The van der Waals surface area contributed by atoms with Crippen molar-refractivity contribution in [3.63, 3.8) is 0 Å². The number of pyridine rings is 1. The summed E-state index contributed by atoms with van der Waals surface area (Å²) in [5.74, 6) is 2.10. The van der Waals surface area contributed by atoms with Gasteiger partial charge in [-0.15, -0.1) is 0 Å². The van der Waals surface area contributed by atoms with Crippen molar-refractivity contribution in [1.82, 2.24) is 20.4 Å². The lowest BCUT2D eigenvalue weighted by Gasteiger charge is -2.21. The van der Waals surface area contributed by atoms with Crippen LogP contribution in [0.2, 0.25) is 0 Å². The molecule has 0 saturated carbocycles. The molecule has 0 spiro atoms. The highest BCUT2D eigenvalue weighted by Gasteiger charge is 2.15. The lowest BCUT2D eigenvalue weighted by atomic mass is 9.93. The van der Waals surface area contributed by atoms with E-state index < -0.39 is 0 Å². The van der Waals surface area contributed by atoms with Crippen molar-refractivity contribution in [3.05, 3.63) is 29.8 Å². The maximum absolute atomic E-state index is 5.33. The smallest absolute Gasteiger partial charge is 0.227 e. The van der Waals surface area contributed by atoms with Gasteiger partial charge in [0.05, 0.1) is 0 Å². The highest BCUT2D eigenvalue weighted by atomic mass is 16.5. The third-order valence-electron chi connectivity index (χ3n) is 3.84. The van der Waals surface area contributed by atoms with Gasteiger partial charge in [0.2, 0.25) is 11.7 Å². The maximum Gasteiger partial charge on any atom is 0.227 e. The molecule has 2 aromatic rings. The minimum Gasteiger partial charge on any atom is -0.339 e. The van der Waals surface area contributed by atoms with Crippen molar-refractivity contribution >= 4 is 0 Å². The van der Waals surface area contributed by atoms with Crippen molar-refractivity contribution in [2.24, 2.45) is 5.92 Å². The highest BCUT2D eigenvalue weighted by molar-refractivity contribution is 5.48. The quantitative estimate of drug-likeness (QED) is 0.925. The molecule has 0 aliphatic carbocycles. The summed E-state index contributed by atoms with van der Waals surface area (Å²) in [4.78, 5) is 8.73. The topological polar surface area (TPSA) is 63.8 Å². The minimum atomic E-state index is 0.592. The fourth-order valence-corrected chi connectivity index (χ4v) is 2.62. The second kappa shape index (κ2) is 6.13. The van der Waals surface area contributed by atoms with Crippen LogP contribution in [0, 0.1) is 12.8 Å². The molecule has 0 atom stereocenters. The molecule has 0 amide bonds. The van der Waals surface area contributed by atoms with Gasteiger partial charge in [0.25, 0.3) is 0 Å². The molecule has 5 heteroatoms. The Bertz CT molecular complexity index is 561. The number of nitrogens with one attached hydrogen (secondary N) is 1. The Morgan fingerprint density at radius 1 is 1.35 bits per heavy atom. The second-order valence-corrected chi connectivity index (χ2v) is 5.46. The van der Waals surface area contributed by atoms with Crippen molar-refractivity contribution in [1.29, 1.82) is 0 Å². The third kappa shape index (κ3) is 3.22. The van der Waals surface area contributed by atoms with Crippen LogP contribution in [0.15, 0.2) is 22.9 Å². The molecule has 20 heavy (non-hydrogen) atoms. The summed E-state index contributed by atoms with van der Waals surface area (Å²) in [7, 11) is 0. The molecule has 106 valence electrons. The highest BCUT2D eigenvalue weighted by Crippen LogP contribution is 2.19. The van der Waals surface area contributed by atoms with E-state index in [4.69, 9.17) is 4.52 Å². The molecule has 1 fully saturated rings. The van der Waals surface area contributed by atoms with E-state index in [1.165, 1.54) is 12.8 Å². The first-order chi connectivity index (χ1) is 9.81. The van der Waals surface area contributed by atoms with Gasteiger partial charge in [0, 0.05) is 12.6 Å². The standard InChI is InChI=1S/C15H20N4O/c1-11-4-9-17-13(10-11)15-18-14(20-19-15)3-2-12-5-7-16-8-6-12/h4,9-10,12,16H,2-3,5-8H2,1H3. The van der Waals surface area contributed by atoms with Gasteiger partial charge in [0.1, 0.15) is 5.69 Å². The summed E-state index contributed by atoms with van der Waals surface area (Å²) < 4.78 is 5.33. The zero-order valence-corrected chi connectivity index (χ0v) is 11.8. The van der Waals surface area contributed by atoms with Gasteiger partial charge >= 0.3 is 0 Å². The largest absolute Gasteiger partial charge is 0.339 e. The summed E-state index contributed by atoms with van der Waals surface area (Å²) in [5.41, 5.74) is 1.93. The van der Waals surface area contributed by atoms with E-state index in [0.717, 1.165) is 49.0 Å². The maximum atomic E-state index is 5.33. The van der Waals surface area contributed by atoms with E-state index >= 15 is 0 Å². The van der Waals surface area contributed by atoms with Crippen LogP contribution < -0.4 is 5.32 Å². The Morgan fingerprint density at radius 2 is 2.20 bits per heavy atom. The van der Waals surface area contributed by atoms with Gasteiger partial charge in [-0.2, -0.15) is 4.98 Å². The third-order valence-corrected chi connectivity index (χ3v) is 3.84. The van der Waals surface area contributed by atoms with Crippen LogP contribution in [0.1, 0.15) is 30.7 Å². The number of nitrogens with zero attached hydrogens (tertiary/aromatic N) is 3. The summed E-state index contributed by atoms with van der Waals surface area (Å²) >= 11 is 0. The van der Waals surface area contributed by atoms with Crippen LogP contribution in [-0.2, 0) is 6.42 Å². The Balaban J connectivity index is 1.61. The van der Waals surface area contributed by atoms with Gasteiger partial charge in [-0.05, 0) is 62.9 Å². The number of hydrogen-bond donors (Lipinski definition) is 1. The van der Waals surface area contributed by atoms with Crippen LogP contribution in [-0.4, -0.2) is 28.2 Å². The number of aromatic nitrogens is 3. The summed E-state index contributed by atoms with van der Waals surface area (Å²) in [6.07, 6.45) is 6.27. The van der Waals surface area contributed by atoms with Crippen LogP contribution in [0.5, 0.6) is 0 Å². The van der Waals surface area contributed by atoms with E-state index in [-0.39, 0.29) is 0 Å². The first kappa shape index (κ1) is 13.2. The molecule has 2 aromatic heterocycles. The predicted molar refractivity (Wildman–Crippen MR) is 76.2 cm³/mol. The van der Waals surface area contributed by atoms with Crippen molar-refractivity contribution in [2.75, 3.05) is 13.1 Å². The van der Waals surface area contributed by atoms with Gasteiger partial charge < -0.3 is 9.84 Å². The van der Waals surface area contributed by atoms with Crippen LogP contribution in [0.3, 0.4) is 0 Å². The lowest BCUT2D eigenvalue weighted by Crippen LogP contribution is -2.27. The molecule has 1 aliphatic rings. The van der Waals surface area contributed by atoms with Crippen molar-refractivity contribution in [2.45, 2.75) is 32.6 Å². The SMILES string of the molecule is Cc1ccnc(-c2noc(CCC3CCNCC3)n2)c1. The van der Waals surface area contributed by atoms with Crippen LogP contribution in [0.4, 0.5) is 0 Å². The van der Waals surface area contributed by atoms with Crippen molar-refractivity contribution < 1.29 is 4.52 Å². The van der Waals surface area contributed by atoms with E-state index in [0.29, 0.717) is 5.82 Å². The summed E-state index contributed by atoms with van der Waals surface area (Å²) in [5, 5.41) is 7.41. The zero-order chi connectivity index (χ0) is 13.8.